The van der Waals surface area contributed by atoms with Gasteiger partial charge in [-0.2, -0.15) is 0 Å². The van der Waals surface area contributed by atoms with E-state index in [1.54, 1.807) is 18.2 Å². The lowest BCUT2D eigenvalue weighted by atomic mass is 9.76. The first kappa shape index (κ1) is 19.8. The van der Waals surface area contributed by atoms with E-state index in [4.69, 9.17) is 22.1 Å². The van der Waals surface area contributed by atoms with Crippen molar-refractivity contribution in [2.45, 2.75) is 24.4 Å². The van der Waals surface area contributed by atoms with E-state index in [2.05, 4.69) is 10.6 Å². The molecule has 1 aromatic rings. The van der Waals surface area contributed by atoms with Gasteiger partial charge in [0.2, 0.25) is 23.6 Å². The van der Waals surface area contributed by atoms with E-state index in [0.717, 1.165) is 0 Å². The summed E-state index contributed by atoms with van der Waals surface area (Å²) in [6.07, 6.45) is 0.306. The van der Waals surface area contributed by atoms with Gasteiger partial charge in [0.1, 0.15) is 5.54 Å². The Morgan fingerprint density at radius 1 is 1.31 bits per heavy atom. The number of hydrogen-bond acceptors (Lipinski definition) is 6. The number of hydrogen-bond donors (Lipinski definition) is 3. The van der Waals surface area contributed by atoms with Gasteiger partial charge in [0.05, 0.1) is 11.8 Å². The highest BCUT2D eigenvalue weighted by Gasteiger charge is 2.70. The molecule has 154 valence electrons. The molecule has 10 heteroatoms. The van der Waals surface area contributed by atoms with Gasteiger partial charge < -0.3 is 15.8 Å². The molecule has 3 aliphatic heterocycles. The monoisotopic (exact) mass is 420 g/mol. The van der Waals surface area contributed by atoms with Crippen LogP contribution in [0.5, 0.6) is 0 Å². The highest BCUT2D eigenvalue weighted by molar-refractivity contribution is 6.31. The number of amides is 4. The van der Waals surface area contributed by atoms with E-state index in [9.17, 15) is 19.2 Å². The number of likely N-dealkylation sites (tertiary alicyclic amines) is 1. The molecule has 9 nitrogen and oxygen atoms in total. The van der Waals surface area contributed by atoms with Crippen LogP contribution in [0.4, 0.5) is 5.69 Å². The topological polar surface area (TPSA) is 131 Å². The van der Waals surface area contributed by atoms with Crippen LogP contribution < -0.4 is 16.4 Å². The molecule has 0 aromatic heterocycles. The van der Waals surface area contributed by atoms with Crippen molar-refractivity contribution in [1.29, 1.82) is 0 Å². The Labute approximate surface area is 171 Å². The number of fused-ring (bicyclic) bond motifs is 4. The largest absolute Gasteiger partial charge is 0.385 e. The van der Waals surface area contributed by atoms with Crippen molar-refractivity contribution in [1.82, 2.24) is 10.2 Å². The molecule has 0 radical (unpaired) electrons. The number of imide groups is 1. The summed E-state index contributed by atoms with van der Waals surface area (Å²) in [6.45, 7) is 0.571. The zero-order chi connectivity index (χ0) is 20.9. The summed E-state index contributed by atoms with van der Waals surface area (Å²) < 4.78 is 5.01. The SMILES string of the molecule is COCCCN1C(=O)[C@@H]2[C@H](CC(N)=O)N[C@@]3(C(=O)Nc4ccc(Cl)cc43)[C@@H]2C1=O. The Kier molecular flexibility index (Phi) is 4.84. The quantitative estimate of drug-likeness (QED) is 0.437. The van der Waals surface area contributed by atoms with Crippen molar-refractivity contribution in [2.24, 2.45) is 17.6 Å². The van der Waals surface area contributed by atoms with E-state index in [1.807, 2.05) is 0 Å². The number of rotatable bonds is 6. The summed E-state index contributed by atoms with van der Waals surface area (Å²) in [6, 6.07) is 4.15. The molecule has 4 atom stereocenters. The van der Waals surface area contributed by atoms with Crippen LogP contribution in [0.25, 0.3) is 0 Å². The maximum atomic E-state index is 13.3. The first-order valence-corrected chi connectivity index (χ1v) is 9.70. The number of nitrogens with two attached hydrogens (primary N) is 1. The number of carbonyl (C=O) groups excluding carboxylic acids is 4. The summed E-state index contributed by atoms with van der Waals surface area (Å²) in [5, 5.41) is 6.28. The summed E-state index contributed by atoms with van der Waals surface area (Å²) >= 11 is 6.16. The zero-order valence-electron chi connectivity index (χ0n) is 15.7. The predicted molar refractivity (Wildman–Crippen MR) is 103 cm³/mol. The lowest BCUT2D eigenvalue weighted by Crippen LogP contribution is -2.53. The van der Waals surface area contributed by atoms with Crippen LogP contribution in [-0.4, -0.2) is 54.8 Å². The zero-order valence-corrected chi connectivity index (χ0v) is 16.5. The summed E-state index contributed by atoms with van der Waals surface area (Å²) in [7, 11) is 1.54. The number of nitrogens with zero attached hydrogens (tertiary/aromatic N) is 1. The van der Waals surface area contributed by atoms with Crippen molar-refractivity contribution < 1.29 is 23.9 Å². The summed E-state index contributed by atoms with van der Waals surface area (Å²) in [5.74, 6) is -3.78. The average molecular weight is 421 g/mol. The third kappa shape index (κ3) is 2.84. The number of ether oxygens (including phenoxy) is 1. The molecule has 4 N–H and O–H groups in total. The Morgan fingerprint density at radius 2 is 2.07 bits per heavy atom. The minimum Gasteiger partial charge on any atom is -0.385 e. The molecule has 2 fully saturated rings. The fourth-order valence-electron chi connectivity index (χ4n) is 4.81. The number of nitrogens with one attached hydrogen (secondary N) is 2. The molecule has 4 rings (SSSR count). The number of carbonyl (C=O) groups is 4. The van der Waals surface area contributed by atoms with Crippen LogP contribution in [0.15, 0.2) is 18.2 Å². The van der Waals surface area contributed by atoms with E-state index >= 15 is 0 Å². The van der Waals surface area contributed by atoms with Gasteiger partial charge in [0.25, 0.3) is 0 Å². The van der Waals surface area contributed by atoms with Crippen LogP contribution in [0, 0.1) is 11.8 Å². The second kappa shape index (κ2) is 7.08. The Bertz CT molecular complexity index is 922. The van der Waals surface area contributed by atoms with Crippen LogP contribution >= 0.6 is 11.6 Å². The minimum absolute atomic E-state index is 0.170. The smallest absolute Gasteiger partial charge is 0.250 e. The maximum absolute atomic E-state index is 13.3. The van der Waals surface area contributed by atoms with Crippen LogP contribution in [0.2, 0.25) is 5.02 Å². The van der Waals surface area contributed by atoms with Crippen molar-refractivity contribution in [3.8, 4) is 0 Å². The fraction of sp³-hybridized carbons (Fsp3) is 0.474. The molecular formula is C19H21ClN4O5. The highest BCUT2D eigenvalue weighted by Crippen LogP contribution is 2.53. The Balaban J connectivity index is 1.80. The normalized spacial score (nSPS) is 30.1. The van der Waals surface area contributed by atoms with E-state index in [-0.39, 0.29) is 13.0 Å². The van der Waals surface area contributed by atoms with Crippen molar-refractivity contribution in [3.05, 3.63) is 28.8 Å². The van der Waals surface area contributed by atoms with Gasteiger partial charge in [-0.25, -0.2) is 0 Å². The third-order valence-corrected chi connectivity index (χ3v) is 6.15. The predicted octanol–water partition coefficient (Wildman–Crippen LogP) is -0.0277. The molecule has 2 saturated heterocycles. The van der Waals surface area contributed by atoms with E-state index < -0.39 is 47.0 Å². The van der Waals surface area contributed by atoms with E-state index in [0.29, 0.717) is 29.3 Å². The molecule has 1 aromatic carbocycles. The number of primary amides is 1. The molecule has 1 spiro atoms. The molecule has 0 unspecified atom stereocenters. The number of benzene rings is 1. The molecular weight excluding hydrogens is 400 g/mol. The van der Waals surface area contributed by atoms with Gasteiger partial charge in [-0.1, -0.05) is 11.6 Å². The van der Waals surface area contributed by atoms with Crippen LogP contribution in [0.1, 0.15) is 18.4 Å². The molecule has 0 aliphatic carbocycles. The number of anilines is 1. The molecule has 3 aliphatic rings. The Morgan fingerprint density at radius 3 is 2.76 bits per heavy atom. The van der Waals surface area contributed by atoms with Crippen LogP contribution in [-0.2, 0) is 29.5 Å². The van der Waals surface area contributed by atoms with Crippen molar-refractivity contribution in [3.63, 3.8) is 0 Å². The first-order chi connectivity index (χ1) is 13.8. The molecule has 29 heavy (non-hydrogen) atoms. The van der Waals surface area contributed by atoms with Gasteiger partial charge in [-0.15, -0.1) is 0 Å². The number of methoxy groups -OCH3 is 1. The Hall–Kier alpha value is -2.49. The average Bonchev–Trinajstić information content (AvgIpc) is 3.22. The molecule has 3 heterocycles. The third-order valence-electron chi connectivity index (χ3n) is 5.92. The minimum atomic E-state index is -1.48. The standard InChI is InChI=1S/C19H21ClN4O5/c1-29-6-2-5-24-16(26)14-12(8-13(21)25)23-19(15(14)17(24)27)10-7-9(20)3-4-11(10)22-18(19)28/h3-4,7,12,14-15,23H,2,5-6,8H2,1H3,(H2,21,25)(H,22,28)/t12-,14+,15-,19+/m0/s1. The van der Waals surface area contributed by atoms with Crippen LogP contribution in [0.3, 0.4) is 0 Å². The molecule has 4 amide bonds. The molecule has 0 saturated carbocycles. The first-order valence-electron chi connectivity index (χ1n) is 9.33. The van der Waals surface area contributed by atoms with E-state index in [1.165, 1.54) is 12.0 Å². The molecule has 0 bridgehead atoms. The lowest BCUT2D eigenvalue weighted by Gasteiger charge is -2.29. The van der Waals surface area contributed by atoms with Crippen molar-refractivity contribution in [2.75, 3.05) is 25.6 Å². The summed E-state index contributed by atoms with van der Waals surface area (Å²) in [4.78, 5) is 52.4. The second-order valence-corrected chi connectivity index (χ2v) is 7.99. The van der Waals surface area contributed by atoms with Gasteiger partial charge in [0, 0.05) is 49.0 Å². The fourth-order valence-corrected chi connectivity index (χ4v) is 4.98. The van der Waals surface area contributed by atoms with Gasteiger partial charge >= 0.3 is 0 Å². The second-order valence-electron chi connectivity index (χ2n) is 7.55. The lowest BCUT2D eigenvalue weighted by molar-refractivity contribution is -0.143. The van der Waals surface area contributed by atoms with Gasteiger partial charge in [-0.05, 0) is 24.6 Å². The number of halogens is 1. The van der Waals surface area contributed by atoms with Gasteiger partial charge in [-0.3, -0.25) is 29.4 Å². The highest BCUT2D eigenvalue weighted by atomic mass is 35.5. The summed E-state index contributed by atoms with van der Waals surface area (Å²) in [5.41, 5.74) is 4.92. The van der Waals surface area contributed by atoms with Crippen molar-refractivity contribution >= 4 is 40.9 Å². The maximum Gasteiger partial charge on any atom is 0.250 e. The van der Waals surface area contributed by atoms with Gasteiger partial charge in [0.15, 0.2) is 0 Å².